The van der Waals surface area contributed by atoms with Gasteiger partial charge in [-0.2, -0.15) is 0 Å². The smallest absolute Gasteiger partial charge is 0.358 e. The minimum atomic E-state index is -1.12. The lowest BCUT2D eigenvalue weighted by molar-refractivity contribution is 0.0664. The second-order valence-electron chi connectivity index (χ2n) is 3.39. The lowest BCUT2D eigenvalue weighted by Gasteiger charge is -2.05. The van der Waals surface area contributed by atoms with Crippen LogP contribution < -0.4 is 0 Å². The molecule has 5 nitrogen and oxygen atoms in total. The summed E-state index contributed by atoms with van der Waals surface area (Å²) >= 11 is 1.44. The number of carbonyl (C=O) groups is 1. The number of oxazole rings is 1. The van der Waals surface area contributed by atoms with Crippen LogP contribution in [0.2, 0.25) is 0 Å². The highest BCUT2D eigenvalue weighted by atomic mass is 32.1. The molecule has 17 heavy (non-hydrogen) atoms. The molecule has 2 heterocycles. The van der Waals surface area contributed by atoms with Crippen LogP contribution in [0.1, 0.15) is 29.3 Å². The number of carboxylic acids is 1. The molecule has 0 amide bonds. The van der Waals surface area contributed by atoms with E-state index in [0.717, 1.165) is 4.88 Å². The Kier molecular flexibility index (Phi) is 3.26. The number of aromatic nitrogens is 1. The molecule has 0 saturated heterocycles. The SMILES string of the molecule is COC(C)c1oc(-c2cccs2)nc1C(=O)O. The summed E-state index contributed by atoms with van der Waals surface area (Å²) in [5.74, 6) is -0.560. The number of hydrogen-bond acceptors (Lipinski definition) is 5. The Balaban J connectivity index is 2.48. The minimum Gasteiger partial charge on any atom is -0.476 e. The average molecular weight is 253 g/mol. The fourth-order valence-corrected chi connectivity index (χ4v) is 2.02. The topological polar surface area (TPSA) is 72.6 Å². The molecule has 0 aliphatic heterocycles. The van der Waals surface area contributed by atoms with Gasteiger partial charge in [-0.05, 0) is 18.4 Å². The molecule has 90 valence electrons. The number of ether oxygens (including phenoxy) is 1. The lowest BCUT2D eigenvalue weighted by Crippen LogP contribution is -2.04. The van der Waals surface area contributed by atoms with Gasteiger partial charge in [0.2, 0.25) is 5.89 Å². The third-order valence-electron chi connectivity index (χ3n) is 2.31. The lowest BCUT2D eigenvalue weighted by atomic mass is 10.2. The summed E-state index contributed by atoms with van der Waals surface area (Å²) in [4.78, 5) is 15.8. The number of carboxylic acid groups (broad SMARTS) is 1. The molecule has 6 heteroatoms. The fraction of sp³-hybridized carbons (Fsp3) is 0.273. The van der Waals surface area contributed by atoms with E-state index >= 15 is 0 Å². The van der Waals surface area contributed by atoms with E-state index in [1.165, 1.54) is 18.4 Å². The van der Waals surface area contributed by atoms with Crippen LogP contribution in [0, 0.1) is 0 Å². The van der Waals surface area contributed by atoms with Gasteiger partial charge in [0.25, 0.3) is 0 Å². The van der Waals surface area contributed by atoms with Crippen molar-refractivity contribution in [1.82, 2.24) is 4.98 Å². The summed E-state index contributed by atoms with van der Waals surface area (Å²) < 4.78 is 10.5. The van der Waals surface area contributed by atoms with Crippen molar-refractivity contribution in [3.8, 4) is 10.8 Å². The van der Waals surface area contributed by atoms with Gasteiger partial charge in [-0.3, -0.25) is 0 Å². The molecule has 0 aromatic carbocycles. The van der Waals surface area contributed by atoms with Crippen LogP contribution in [0.15, 0.2) is 21.9 Å². The average Bonchev–Trinajstić information content (AvgIpc) is 2.95. The maximum atomic E-state index is 11.1. The van der Waals surface area contributed by atoms with Gasteiger partial charge in [-0.15, -0.1) is 11.3 Å². The number of thiophene rings is 1. The zero-order valence-corrected chi connectivity index (χ0v) is 10.2. The Morgan fingerprint density at radius 1 is 1.65 bits per heavy atom. The van der Waals surface area contributed by atoms with E-state index in [1.54, 1.807) is 6.92 Å². The first kappa shape index (κ1) is 11.8. The monoisotopic (exact) mass is 253 g/mol. The standard InChI is InChI=1S/C11H11NO4S/c1-6(15-2)9-8(11(13)14)12-10(16-9)7-4-3-5-17-7/h3-6H,1-2H3,(H,13,14). The maximum absolute atomic E-state index is 11.1. The van der Waals surface area contributed by atoms with Crippen LogP contribution in [-0.2, 0) is 4.74 Å². The van der Waals surface area contributed by atoms with Gasteiger partial charge in [0, 0.05) is 7.11 Å². The Bertz CT molecular complexity index is 518. The number of aromatic carboxylic acids is 1. The number of hydrogen-bond donors (Lipinski definition) is 1. The predicted octanol–water partition coefficient (Wildman–Crippen LogP) is 2.81. The summed E-state index contributed by atoms with van der Waals surface area (Å²) in [7, 11) is 1.49. The number of rotatable bonds is 4. The first-order valence-electron chi connectivity index (χ1n) is 4.94. The van der Waals surface area contributed by atoms with Gasteiger partial charge in [0.05, 0.1) is 4.88 Å². The number of methoxy groups -OCH3 is 1. The van der Waals surface area contributed by atoms with Crippen molar-refractivity contribution in [1.29, 1.82) is 0 Å². The van der Waals surface area contributed by atoms with Gasteiger partial charge in [-0.25, -0.2) is 9.78 Å². The quantitative estimate of drug-likeness (QED) is 0.907. The van der Waals surface area contributed by atoms with Crippen LogP contribution in [0.25, 0.3) is 10.8 Å². The normalized spacial score (nSPS) is 12.6. The Hall–Kier alpha value is -1.66. The van der Waals surface area contributed by atoms with E-state index < -0.39 is 12.1 Å². The maximum Gasteiger partial charge on any atom is 0.358 e. The second-order valence-corrected chi connectivity index (χ2v) is 4.34. The van der Waals surface area contributed by atoms with Crippen LogP contribution in [-0.4, -0.2) is 23.2 Å². The molecule has 0 radical (unpaired) electrons. The Morgan fingerprint density at radius 2 is 2.41 bits per heavy atom. The summed E-state index contributed by atoms with van der Waals surface area (Å²) in [5.41, 5.74) is -0.0947. The highest BCUT2D eigenvalue weighted by Crippen LogP contribution is 2.29. The molecular weight excluding hydrogens is 242 g/mol. The van der Waals surface area contributed by atoms with Crippen molar-refractivity contribution in [2.24, 2.45) is 0 Å². The highest BCUT2D eigenvalue weighted by Gasteiger charge is 2.24. The third-order valence-corrected chi connectivity index (χ3v) is 3.17. The van der Waals surface area contributed by atoms with E-state index in [-0.39, 0.29) is 11.5 Å². The molecule has 0 aliphatic rings. The molecule has 0 aliphatic carbocycles. The zero-order chi connectivity index (χ0) is 12.4. The van der Waals surface area contributed by atoms with Crippen LogP contribution in [0.5, 0.6) is 0 Å². The van der Waals surface area contributed by atoms with Crippen molar-refractivity contribution < 1.29 is 19.1 Å². The molecule has 1 atom stereocenters. The highest BCUT2D eigenvalue weighted by molar-refractivity contribution is 7.13. The predicted molar refractivity (Wildman–Crippen MR) is 62.2 cm³/mol. The molecule has 0 saturated carbocycles. The first-order valence-corrected chi connectivity index (χ1v) is 5.82. The van der Waals surface area contributed by atoms with Gasteiger partial charge in [-0.1, -0.05) is 6.07 Å². The van der Waals surface area contributed by atoms with E-state index in [1.807, 2.05) is 17.5 Å². The van der Waals surface area contributed by atoms with Crippen LogP contribution in [0.4, 0.5) is 0 Å². The molecule has 1 unspecified atom stereocenters. The third kappa shape index (κ3) is 2.22. The molecule has 0 bridgehead atoms. The second kappa shape index (κ2) is 4.68. The van der Waals surface area contributed by atoms with E-state index in [2.05, 4.69) is 4.98 Å². The van der Waals surface area contributed by atoms with Gasteiger partial charge >= 0.3 is 5.97 Å². The summed E-state index contributed by atoms with van der Waals surface area (Å²) in [6.07, 6.45) is -0.442. The van der Waals surface area contributed by atoms with Crippen molar-refractivity contribution in [3.05, 3.63) is 29.0 Å². The molecule has 2 aromatic heterocycles. The summed E-state index contributed by atoms with van der Waals surface area (Å²) in [6.45, 7) is 1.71. The summed E-state index contributed by atoms with van der Waals surface area (Å²) in [5, 5.41) is 10.9. The van der Waals surface area contributed by atoms with Crippen molar-refractivity contribution in [2.75, 3.05) is 7.11 Å². The largest absolute Gasteiger partial charge is 0.476 e. The van der Waals surface area contributed by atoms with E-state index in [0.29, 0.717) is 5.89 Å². The first-order chi connectivity index (χ1) is 8.13. The summed E-state index contributed by atoms with van der Waals surface area (Å²) in [6, 6.07) is 3.67. The number of nitrogens with zero attached hydrogens (tertiary/aromatic N) is 1. The Morgan fingerprint density at radius 3 is 2.94 bits per heavy atom. The minimum absolute atomic E-state index is 0.0947. The van der Waals surface area contributed by atoms with Crippen molar-refractivity contribution >= 4 is 17.3 Å². The van der Waals surface area contributed by atoms with Gasteiger partial charge in [0.1, 0.15) is 6.10 Å². The van der Waals surface area contributed by atoms with Crippen molar-refractivity contribution in [2.45, 2.75) is 13.0 Å². The zero-order valence-electron chi connectivity index (χ0n) is 9.34. The van der Waals surface area contributed by atoms with Crippen molar-refractivity contribution in [3.63, 3.8) is 0 Å². The Labute approximate surface area is 102 Å². The molecule has 1 N–H and O–H groups in total. The van der Waals surface area contributed by atoms with Crippen LogP contribution >= 0.6 is 11.3 Å². The van der Waals surface area contributed by atoms with E-state index in [4.69, 9.17) is 14.3 Å². The molecule has 2 rings (SSSR count). The molecule has 0 spiro atoms. The van der Waals surface area contributed by atoms with Crippen LogP contribution in [0.3, 0.4) is 0 Å². The van der Waals surface area contributed by atoms with Gasteiger partial charge < -0.3 is 14.3 Å². The van der Waals surface area contributed by atoms with E-state index in [9.17, 15) is 4.79 Å². The molecule has 0 fully saturated rings. The molecule has 2 aromatic rings. The molecular formula is C11H11NO4S. The fourth-order valence-electron chi connectivity index (χ4n) is 1.37. The van der Waals surface area contributed by atoms with Gasteiger partial charge in [0.15, 0.2) is 11.5 Å².